The second-order valence-corrected chi connectivity index (χ2v) is 6.71. The lowest BCUT2D eigenvalue weighted by Gasteiger charge is -2.18. The highest BCUT2D eigenvalue weighted by atomic mass is 16.5. The number of esters is 2. The van der Waals surface area contributed by atoms with Crippen molar-refractivity contribution in [3.63, 3.8) is 0 Å². The average Bonchev–Trinajstić information content (AvgIpc) is 2.81. The Hall–Kier alpha value is -3.94. The summed E-state index contributed by atoms with van der Waals surface area (Å²) in [4.78, 5) is 24.5. The molecule has 3 aromatic carbocycles. The van der Waals surface area contributed by atoms with Crippen LogP contribution in [0.3, 0.4) is 0 Å². The van der Waals surface area contributed by atoms with Gasteiger partial charge in [-0.05, 0) is 41.3 Å². The Morgan fingerprint density at radius 3 is 1.75 bits per heavy atom. The van der Waals surface area contributed by atoms with E-state index in [1.807, 2.05) is 0 Å². The molecule has 0 amide bonds. The lowest BCUT2D eigenvalue weighted by molar-refractivity contribution is -0.131. The van der Waals surface area contributed by atoms with Gasteiger partial charge in [-0.25, -0.2) is 4.79 Å². The SMILES string of the molecule is COC(=O)c1cc(OC(C)=O)c2cc(OC)c(OC)cc2c1-c1ccc(OC)c(OC)c1. The molecule has 0 spiro atoms. The van der Waals surface area contributed by atoms with Gasteiger partial charge >= 0.3 is 11.9 Å². The van der Waals surface area contributed by atoms with Gasteiger partial charge in [-0.3, -0.25) is 4.79 Å². The van der Waals surface area contributed by atoms with Gasteiger partial charge in [0.25, 0.3) is 0 Å². The lowest BCUT2D eigenvalue weighted by atomic mass is 9.91. The number of hydrogen-bond donors (Lipinski definition) is 0. The van der Waals surface area contributed by atoms with Crippen LogP contribution in [0.25, 0.3) is 21.9 Å². The summed E-state index contributed by atoms with van der Waals surface area (Å²) in [5.74, 6) is 0.971. The largest absolute Gasteiger partial charge is 0.493 e. The first-order valence-electron chi connectivity index (χ1n) is 9.60. The Labute approximate surface area is 185 Å². The first kappa shape index (κ1) is 22.7. The third kappa shape index (κ3) is 4.12. The normalized spacial score (nSPS) is 10.4. The van der Waals surface area contributed by atoms with Crippen LogP contribution in [0.15, 0.2) is 36.4 Å². The van der Waals surface area contributed by atoms with Crippen LogP contribution in [-0.4, -0.2) is 47.5 Å². The van der Waals surface area contributed by atoms with E-state index >= 15 is 0 Å². The highest BCUT2D eigenvalue weighted by Crippen LogP contribution is 2.45. The Kier molecular flexibility index (Phi) is 6.73. The minimum absolute atomic E-state index is 0.193. The van der Waals surface area contributed by atoms with Crippen molar-refractivity contribution in [2.75, 3.05) is 35.5 Å². The predicted molar refractivity (Wildman–Crippen MR) is 118 cm³/mol. The van der Waals surface area contributed by atoms with Crippen LogP contribution in [0.4, 0.5) is 0 Å². The molecule has 0 aromatic heterocycles. The molecular formula is C24H24O8. The summed E-state index contributed by atoms with van der Waals surface area (Å²) in [6.45, 7) is 1.28. The van der Waals surface area contributed by atoms with Crippen LogP contribution < -0.4 is 23.7 Å². The van der Waals surface area contributed by atoms with Crippen LogP contribution in [0.1, 0.15) is 17.3 Å². The Morgan fingerprint density at radius 1 is 0.656 bits per heavy atom. The standard InChI is InChI=1S/C24H24O8/c1-13(25)32-19-12-17(24(26)31-6)23(14-7-8-18(27-2)20(9-14)28-3)16-11-22(30-5)21(29-4)10-15(16)19/h7-12H,1-6H3. The molecule has 0 heterocycles. The second-order valence-electron chi connectivity index (χ2n) is 6.71. The number of rotatable bonds is 7. The third-order valence-electron chi connectivity index (χ3n) is 4.93. The summed E-state index contributed by atoms with van der Waals surface area (Å²) in [5.41, 5.74) is 1.41. The van der Waals surface area contributed by atoms with Gasteiger partial charge in [0.1, 0.15) is 5.75 Å². The van der Waals surface area contributed by atoms with E-state index in [-0.39, 0.29) is 11.3 Å². The van der Waals surface area contributed by atoms with Gasteiger partial charge < -0.3 is 28.4 Å². The van der Waals surface area contributed by atoms with E-state index in [1.54, 1.807) is 30.3 Å². The summed E-state index contributed by atoms with van der Waals surface area (Å²) in [5, 5.41) is 1.14. The maximum Gasteiger partial charge on any atom is 0.338 e. The van der Waals surface area contributed by atoms with E-state index in [0.717, 1.165) is 0 Å². The Bertz CT molecular complexity index is 1180. The molecule has 0 aliphatic heterocycles. The molecule has 0 saturated carbocycles. The zero-order chi connectivity index (χ0) is 23.4. The molecule has 8 nitrogen and oxygen atoms in total. The Morgan fingerprint density at radius 2 is 1.22 bits per heavy atom. The highest BCUT2D eigenvalue weighted by molar-refractivity contribution is 6.11. The average molecular weight is 440 g/mol. The van der Waals surface area contributed by atoms with E-state index in [9.17, 15) is 9.59 Å². The van der Waals surface area contributed by atoms with Crippen molar-refractivity contribution < 1.29 is 38.0 Å². The molecule has 3 aromatic rings. The van der Waals surface area contributed by atoms with Crippen LogP contribution in [-0.2, 0) is 9.53 Å². The van der Waals surface area contributed by atoms with E-state index in [2.05, 4.69) is 0 Å². The molecule has 0 atom stereocenters. The van der Waals surface area contributed by atoms with Crippen molar-refractivity contribution in [1.29, 1.82) is 0 Å². The highest BCUT2D eigenvalue weighted by Gasteiger charge is 2.24. The topological polar surface area (TPSA) is 89.5 Å². The molecule has 0 radical (unpaired) electrons. The van der Waals surface area contributed by atoms with Gasteiger partial charge in [0.05, 0.1) is 41.1 Å². The zero-order valence-corrected chi connectivity index (χ0v) is 18.7. The fourth-order valence-electron chi connectivity index (χ4n) is 3.53. The molecular weight excluding hydrogens is 416 g/mol. The molecule has 0 bridgehead atoms. The number of benzene rings is 3. The number of methoxy groups -OCH3 is 5. The molecule has 0 unspecified atom stereocenters. The van der Waals surface area contributed by atoms with Crippen LogP contribution in [0.2, 0.25) is 0 Å². The van der Waals surface area contributed by atoms with Crippen molar-refractivity contribution >= 4 is 22.7 Å². The monoisotopic (exact) mass is 440 g/mol. The number of carbonyl (C=O) groups is 2. The molecule has 32 heavy (non-hydrogen) atoms. The molecule has 8 heteroatoms. The van der Waals surface area contributed by atoms with Gasteiger partial charge in [-0.1, -0.05) is 6.07 Å². The first-order chi connectivity index (χ1) is 15.4. The van der Waals surface area contributed by atoms with Crippen molar-refractivity contribution in [3.8, 4) is 39.9 Å². The maximum absolute atomic E-state index is 12.8. The molecule has 3 rings (SSSR count). The van der Waals surface area contributed by atoms with Gasteiger partial charge in [-0.15, -0.1) is 0 Å². The van der Waals surface area contributed by atoms with Crippen molar-refractivity contribution in [2.45, 2.75) is 6.92 Å². The van der Waals surface area contributed by atoms with E-state index in [0.29, 0.717) is 44.9 Å². The molecule has 0 N–H and O–H groups in total. The van der Waals surface area contributed by atoms with Crippen LogP contribution in [0, 0.1) is 0 Å². The summed E-state index contributed by atoms with van der Waals surface area (Å²) in [6.07, 6.45) is 0. The zero-order valence-electron chi connectivity index (χ0n) is 18.7. The van der Waals surface area contributed by atoms with Crippen LogP contribution in [0.5, 0.6) is 28.7 Å². The summed E-state index contributed by atoms with van der Waals surface area (Å²) in [7, 11) is 7.37. The van der Waals surface area contributed by atoms with Gasteiger partial charge in [0, 0.05) is 17.9 Å². The van der Waals surface area contributed by atoms with Crippen molar-refractivity contribution in [1.82, 2.24) is 0 Å². The number of ether oxygens (including phenoxy) is 6. The fourth-order valence-corrected chi connectivity index (χ4v) is 3.53. The maximum atomic E-state index is 12.8. The summed E-state index contributed by atoms with van der Waals surface area (Å²) < 4.78 is 32.1. The quantitative estimate of drug-likeness (QED) is 0.398. The minimum Gasteiger partial charge on any atom is -0.493 e. The summed E-state index contributed by atoms with van der Waals surface area (Å²) >= 11 is 0. The molecule has 168 valence electrons. The van der Waals surface area contributed by atoms with Crippen molar-refractivity contribution in [3.05, 3.63) is 42.0 Å². The second kappa shape index (κ2) is 9.47. The van der Waals surface area contributed by atoms with Gasteiger partial charge in [-0.2, -0.15) is 0 Å². The van der Waals surface area contributed by atoms with E-state index in [1.165, 1.54) is 48.5 Å². The third-order valence-corrected chi connectivity index (χ3v) is 4.93. The molecule has 0 saturated heterocycles. The fraction of sp³-hybridized carbons (Fsp3) is 0.250. The van der Waals surface area contributed by atoms with Gasteiger partial charge in [0.2, 0.25) is 0 Å². The lowest BCUT2D eigenvalue weighted by Crippen LogP contribution is -2.08. The van der Waals surface area contributed by atoms with E-state index in [4.69, 9.17) is 28.4 Å². The van der Waals surface area contributed by atoms with Crippen molar-refractivity contribution in [2.24, 2.45) is 0 Å². The van der Waals surface area contributed by atoms with E-state index < -0.39 is 11.9 Å². The smallest absolute Gasteiger partial charge is 0.338 e. The molecule has 0 fully saturated rings. The predicted octanol–water partition coefficient (Wildman–Crippen LogP) is 4.25. The summed E-state index contributed by atoms with van der Waals surface area (Å²) in [6, 6.07) is 10.2. The van der Waals surface area contributed by atoms with Gasteiger partial charge in [0.15, 0.2) is 23.0 Å². The number of carbonyl (C=O) groups excluding carboxylic acids is 2. The number of fused-ring (bicyclic) bond motifs is 1. The minimum atomic E-state index is -0.597. The Balaban J connectivity index is 2.49. The molecule has 0 aliphatic rings. The van der Waals surface area contributed by atoms with Crippen LogP contribution >= 0.6 is 0 Å². The molecule has 0 aliphatic carbocycles. The first-order valence-corrected chi connectivity index (χ1v) is 9.60. The number of hydrogen-bond acceptors (Lipinski definition) is 8.